The number of aliphatic hydroxyl groups excluding tert-OH is 3. The molecule has 0 bridgehead atoms. The van der Waals surface area contributed by atoms with Gasteiger partial charge in [0.25, 0.3) is 0 Å². The predicted octanol–water partition coefficient (Wildman–Crippen LogP) is 2.05. The van der Waals surface area contributed by atoms with Crippen LogP contribution in [0.3, 0.4) is 0 Å². The highest BCUT2D eigenvalue weighted by Gasteiger charge is 2.48. The maximum atomic E-state index is 12.9. The van der Waals surface area contributed by atoms with E-state index in [1.165, 1.54) is 7.11 Å². The molecule has 0 unspecified atom stereocenters. The molecule has 3 rings (SSSR count). The van der Waals surface area contributed by atoms with Gasteiger partial charge in [-0.2, -0.15) is 0 Å². The average molecular weight is 699 g/mol. The van der Waals surface area contributed by atoms with Crippen LogP contribution in [0, 0.1) is 11.8 Å². The molecular formula is C36H62N2O11. The molecule has 3 N–H and O–H groups in total. The molecule has 0 spiro atoms. The second kappa shape index (κ2) is 19.7. The fourth-order valence-corrected chi connectivity index (χ4v) is 7.35. The Bertz CT molecular complexity index is 1070. The summed E-state index contributed by atoms with van der Waals surface area (Å²) in [5.41, 5.74) is 0. The first-order valence-corrected chi connectivity index (χ1v) is 17.7. The first kappa shape index (κ1) is 41.6. The standard InChI is InChI=1S/C36H62N2O11/c1-21-19-25(17-18-39)34(49-36-33(43)31(38(7)8)32(42)24(4)47-36)35(44-9)27(40)20-29(41)45-22(2)13-11-10-12-14-28(21)48-30-16-15-26(37(5)6)23(3)46-30/h10-12,14,18,21-28,30-36,40,42-43H,13,15-17,19-20H2,1-9H3/b11-10-,14-12+/t21-,22-,23-,24-,25+,26+,27-,28+,30+,31+,32-,33-,34+,35-,36+/m1/s1. The minimum atomic E-state index is -1.37. The first-order chi connectivity index (χ1) is 23.2. The van der Waals surface area contributed by atoms with Crippen molar-refractivity contribution in [1.29, 1.82) is 0 Å². The Morgan fingerprint density at radius 1 is 0.918 bits per heavy atom. The number of ether oxygens (including phenoxy) is 6. The molecule has 3 heterocycles. The lowest BCUT2D eigenvalue weighted by molar-refractivity contribution is -0.309. The van der Waals surface area contributed by atoms with Gasteiger partial charge >= 0.3 is 5.97 Å². The van der Waals surface area contributed by atoms with E-state index >= 15 is 0 Å². The number of aliphatic hydroxyl groups is 3. The number of likely N-dealkylation sites (N-methyl/N-ethyl adjacent to an activating group) is 2. The van der Waals surface area contributed by atoms with Crippen LogP contribution in [0.4, 0.5) is 0 Å². The van der Waals surface area contributed by atoms with Gasteiger partial charge in [0, 0.05) is 26.0 Å². The molecule has 0 aromatic carbocycles. The Morgan fingerprint density at radius 3 is 2.24 bits per heavy atom. The fraction of sp³-hybridized carbons (Fsp3) is 0.833. The summed E-state index contributed by atoms with van der Waals surface area (Å²) in [6, 6.07) is -0.434. The topological polar surface area (TPSA) is 157 Å². The minimum Gasteiger partial charge on any atom is -0.462 e. The van der Waals surface area contributed by atoms with Crippen molar-refractivity contribution >= 4 is 12.3 Å². The van der Waals surface area contributed by atoms with E-state index in [9.17, 15) is 24.9 Å². The van der Waals surface area contributed by atoms with Crippen molar-refractivity contribution < 1.29 is 53.3 Å². The minimum absolute atomic E-state index is 0.0262. The predicted molar refractivity (Wildman–Crippen MR) is 182 cm³/mol. The monoisotopic (exact) mass is 698 g/mol. The van der Waals surface area contributed by atoms with Gasteiger partial charge in [-0.05, 0) is 80.1 Å². The van der Waals surface area contributed by atoms with E-state index in [2.05, 4.69) is 11.8 Å². The smallest absolute Gasteiger partial charge is 0.308 e. The lowest BCUT2D eigenvalue weighted by atomic mass is 9.82. The van der Waals surface area contributed by atoms with Crippen molar-refractivity contribution in [3.8, 4) is 0 Å². The molecule has 0 aliphatic carbocycles. The third-order valence-corrected chi connectivity index (χ3v) is 10.1. The second-order valence-electron chi connectivity index (χ2n) is 14.4. The van der Waals surface area contributed by atoms with Crippen molar-refractivity contribution in [3.05, 3.63) is 24.3 Å². The van der Waals surface area contributed by atoms with E-state index < -0.39 is 79.3 Å². The molecule has 0 saturated carbocycles. The molecule has 0 amide bonds. The summed E-state index contributed by atoms with van der Waals surface area (Å²) in [6.45, 7) is 7.53. The number of cyclic esters (lactones) is 1. The number of carbonyl (C=O) groups excluding carboxylic acids is 2. The normalized spacial score (nSPS) is 43.2. The van der Waals surface area contributed by atoms with Crippen molar-refractivity contribution in [2.45, 2.75) is 146 Å². The maximum Gasteiger partial charge on any atom is 0.308 e. The molecule has 0 aromatic rings. The van der Waals surface area contributed by atoms with Gasteiger partial charge in [0.2, 0.25) is 0 Å². The van der Waals surface area contributed by atoms with Crippen molar-refractivity contribution in [1.82, 2.24) is 9.80 Å². The number of aldehydes is 1. The van der Waals surface area contributed by atoms with Gasteiger partial charge in [0.05, 0.1) is 49.1 Å². The molecule has 15 atom stereocenters. The fourth-order valence-electron chi connectivity index (χ4n) is 7.35. The lowest BCUT2D eigenvalue weighted by Gasteiger charge is -2.46. The Balaban J connectivity index is 2.00. The van der Waals surface area contributed by atoms with Gasteiger partial charge in [0.15, 0.2) is 12.6 Å². The summed E-state index contributed by atoms with van der Waals surface area (Å²) in [4.78, 5) is 29.0. The van der Waals surface area contributed by atoms with Crippen LogP contribution in [0.25, 0.3) is 0 Å². The Morgan fingerprint density at radius 2 is 1.63 bits per heavy atom. The van der Waals surface area contributed by atoms with E-state index in [0.29, 0.717) is 12.8 Å². The van der Waals surface area contributed by atoms with Crippen LogP contribution in [-0.2, 0) is 38.0 Å². The van der Waals surface area contributed by atoms with Gasteiger partial charge < -0.3 is 58.3 Å². The molecule has 0 radical (unpaired) electrons. The average Bonchev–Trinajstić information content (AvgIpc) is 3.01. The number of hydrogen-bond donors (Lipinski definition) is 3. The van der Waals surface area contributed by atoms with Crippen LogP contribution in [-0.4, -0.2) is 152 Å². The zero-order chi connectivity index (χ0) is 36.4. The highest BCUT2D eigenvalue weighted by atomic mass is 16.7. The molecular weight excluding hydrogens is 636 g/mol. The van der Waals surface area contributed by atoms with Crippen LogP contribution < -0.4 is 0 Å². The van der Waals surface area contributed by atoms with Gasteiger partial charge in [-0.1, -0.05) is 31.2 Å². The number of hydrogen-bond acceptors (Lipinski definition) is 13. The summed E-state index contributed by atoms with van der Waals surface area (Å²) in [5, 5.41) is 33.6. The highest BCUT2D eigenvalue weighted by molar-refractivity contribution is 5.70. The number of nitrogens with zero attached hydrogens (tertiary/aromatic N) is 2. The van der Waals surface area contributed by atoms with Crippen molar-refractivity contribution in [2.24, 2.45) is 11.8 Å². The van der Waals surface area contributed by atoms with Crippen LogP contribution in [0.2, 0.25) is 0 Å². The number of esters is 1. The lowest BCUT2D eigenvalue weighted by Crippen LogP contribution is -2.63. The zero-order valence-corrected chi connectivity index (χ0v) is 30.8. The van der Waals surface area contributed by atoms with E-state index in [4.69, 9.17) is 28.4 Å². The molecule has 2 fully saturated rings. The van der Waals surface area contributed by atoms with E-state index in [1.807, 2.05) is 45.3 Å². The maximum absolute atomic E-state index is 12.9. The van der Waals surface area contributed by atoms with Crippen molar-refractivity contribution in [2.75, 3.05) is 35.3 Å². The molecule has 282 valence electrons. The molecule has 49 heavy (non-hydrogen) atoms. The number of allylic oxidation sites excluding steroid dienone is 2. The molecule has 13 heteroatoms. The first-order valence-electron chi connectivity index (χ1n) is 17.7. The molecule has 3 aliphatic heterocycles. The van der Waals surface area contributed by atoms with Gasteiger partial charge in [-0.3, -0.25) is 4.79 Å². The summed E-state index contributed by atoms with van der Waals surface area (Å²) >= 11 is 0. The third kappa shape index (κ3) is 11.6. The van der Waals surface area contributed by atoms with Crippen molar-refractivity contribution in [3.63, 3.8) is 0 Å². The highest BCUT2D eigenvalue weighted by Crippen LogP contribution is 2.34. The van der Waals surface area contributed by atoms with Crippen LogP contribution in [0.1, 0.15) is 66.2 Å². The summed E-state index contributed by atoms with van der Waals surface area (Å²) in [7, 11) is 8.97. The number of rotatable bonds is 9. The Hall–Kier alpha value is -1.78. The van der Waals surface area contributed by atoms with Gasteiger partial charge in [-0.15, -0.1) is 0 Å². The van der Waals surface area contributed by atoms with E-state index in [0.717, 1.165) is 19.1 Å². The molecule has 2 saturated heterocycles. The summed E-state index contributed by atoms with van der Waals surface area (Å²) in [6.07, 6.45) is 1.58. The van der Waals surface area contributed by atoms with Crippen LogP contribution in [0.15, 0.2) is 24.3 Å². The number of carbonyl (C=O) groups is 2. The second-order valence-corrected chi connectivity index (χ2v) is 14.4. The molecule has 0 aromatic heterocycles. The summed E-state index contributed by atoms with van der Waals surface area (Å²) < 4.78 is 36.8. The number of methoxy groups -OCH3 is 1. The largest absolute Gasteiger partial charge is 0.462 e. The van der Waals surface area contributed by atoms with Gasteiger partial charge in [0.1, 0.15) is 24.6 Å². The third-order valence-electron chi connectivity index (χ3n) is 10.1. The SMILES string of the molecule is CO[C@H]1[C@@H](O[C@@H]2O[C@H](C)[C@@H](O)[C@H](N(C)C)[C@H]2O)[C@@H](CC=O)C[C@@H](C)[C@@H](O[C@H]2CC[C@H](N(C)C)[C@@H](C)O2)/C=C/C=C\C[C@@H](C)OC(=O)C[C@H]1O. The van der Waals surface area contributed by atoms with Gasteiger partial charge in [-0.25, -0.2) is 0 Å². The molecule has 3 aliphatic rings. The summed E-state index contributed by atoms with van der Waals surface area (Å²) in [5.74, 6) is -1.35. The Kier molecular flexibility index (Phi) is 16.8. The Labute approximate surface area is 292 Å². The molecule has 13 nitrogen and oxygen atoms in total. The van der Waals surface area contributed by atoms with E-state index in [1.54, 1.807) is 32.8 Å². The van der Waals surface area contributed by atoms with Crippen LogP contribution >= 0.6 is 0 Å². The zero-order valence-electron chi connectivity index (χ0n) is 30.8. The quantitative estimate of drug-likeness (QED) is 0.238. The van der Waals surface area contributed by atoms with Crippen LogP contribution in [0.5, 0.6) is 0 Å². The van der Waals surface area contributed by atoms with E-state index in [-0.39, 0.29) is 30.9 Å².